The zero-order valence-electron chi connectivity index (χ0n) is 16.8. The van der Waals surface area contributed by atoms with Crippen LogP contribution in [0.5, 0.6) is 11.5 Å². The summed E-state index contributed by atoms with van der Waals surface area (Å²) in [5.74, 6) is 0.466. The molecule has 1 aromatic carbocycles. The van der Waals surface area contributed by atoms with Crippen molar-refractivity contribution in [1.82, 2.24) is 0 Å². The van der Waals surface area contributed by atoms with Crippen LogP contribution in [-0.2, 0) is 12.8 Å². The van der Waals surface area contributed by atoms with Crippen LogP contribution in [0.4, 0.5) is 0 Å². The molecule has 1 aromatic rings. The Morgan fingerprint density at radius 1 is 0.920 bits per heavy atom. The van der Waals surface area contributed by atoms with E-state index < -0.39 is 0 Å². The Hall–Kier alpha value is -1.18. The number of aromatic hydroxyl groups is 2. The molecule has 0 aromatic heterocycles. The molecule has 1 aliphatic carbocycles. The topological polar surface area (TPSA) is 40.5 Å². The summed E-state index contributed by atoms with van der Waals surface area (Å²) in [6.45, 7) is 9.23. The van der Waals surface area contributed by atoms with Gasteiger partial charge in [0, 0.05) is 6.07 Å². The zero-order chi connectivity index (χ0) is 18.5. The Kier molecular flexibility index (Phi) is 6.82. The van der Waals surface area contributed by atoms with Gasteiger partial charge < -0.3 is 10.2 Å². The molecule has 0 saturated heterocycles. The Bertz CT molecular complexity index is 550. The van der Waals surface area contributed by atoms with E-state index in [1.165, 1.54) is 51.0 Å². The molecule has 0 atom stereocenters. The summed E-state index contributed by atoms with van der Waals surface area (Å²) in [7, 11) is 0. The van der Waals surface area contributed by atoms with Crippen molar-refractivity contribution in [3.63, 3.8) is 0 Å². The normalized spacial score (nSPS) is 16.2. The molecule has 2 N–H and O–H groups in total. The predicted molar refractivity (Wildman–Crippen MR) is 106 cm³/mol. The van der Waals surface area contributed by atoms with Gasteiger partial charge in [-0.3, -0.25) is 0 Å². The maximum Gasteiger partial charge on any atom is 0.122 e. The fourth-order valence-electron chi connectivity index (χ4n) is 3.68. The van der Waals surface area contributed by atoms with Gasteiger partial charge in [-0.25, -0.2) is 0 Å². The lowest BCUT2D eigenvalue weighted by atomic mass is 9.88. The molecule has 0 radical (unpaired) electrons. The van der Waals surface area contributed by atoms with Gasteiger partial charge >= 0.3 is 0 Å². The van der Waals surface area contributed by atoms with Crippen molar-refractivity contribution in [2.24, 2.45) is 10.8 Å². The summed E-state index contributed by atoms with van der Waals surface area (Å²) < 4.78 is 0. The maximum atomic E-state index is 10.3. The molecule has 142 valence electrons. The van der Waals surface area contributed by atoms with Crippen molar-refractivity contribution in [1.29, 1.82) is 0 Å². The summed E-state index contributed by atoms with van der Waals surface area (Å²) >= 11 is 0. The molecular formula is C23H38O2. The number of unbranched alkanes of at least 4 members (excludes halogenated alkanes) is 3. The van der Waals surface area contributed by atoms with E-state index in [0.29, 0.717) is 10.8 Å². The first-order valence-corrected chi connectivity index (χ1v) is 10.2. The van der Waals surface area contributed by atoms with Crippen molar-refractivity contribution < 1.29 is 10.2 Å². The SMILES string of the molecule is CC(C)(C)CCCCc1cc(O)cc(O)c1CCCCCC1(C)CC1. The monoisotopic (exact) mass is 346 g/mol. The van der Waals surface area contributed by atoms with E-state index in [1.807, 2.05) is 6.07 Å². The van der Waals surface area contributed by atoms with Gasteiger partial charge in [0.15, 0.2) is 0 Å². The summed E-state index contributed by atoms with van der Waals surface area (Å²) in [5.41, 5.74) is 3.23. The molecule has 2 nitrogen and oxygen atoms in total. The predicted octanol–water partition coefficient (Wildman–Crippen LogP) is 6.76. The third-order valence-corrected chi connectivity index (χ3v) is 5.74. The molecule has 25 heavy (non-hydrogen) atoms. The summed E-state index contributed by atoms with van der Waals surface area (Å²) in [5, 5.41) is 20.1. The van der Waals surface area contributed by atoms with E-state index in [4.69, 9.17) is 0 Å². The standard InChI is InChI=1S/C23H38O2/c1-22(2,3)12-9-7-10-18-16-19(24)17-21(25)20(18)11-6-5-8-13-23(4)14-15-23/h16-17,24-25H,5-15H2,1-4H3. The molecule has 1 saturated carbocycles. The number of hydrogen-bond donors (Lipinski definition) is 2. The van der Waals surface area contributed by atoms with Crippen LogP contribution in [0.25, 0.3) is 0 Å². The highest BCUT2D eigenvalue weighted by molar-refractivity contribution is 5.45. The smallest absolute Gasteiger partial charge is 0.122 e. The first-order chi connectivity index (χ1) is 11.7. The second-order valence-corrected chi connectivity index (χ2v) is 9.74. The van der Waals surface area contributed by atoms with Crippen LogP contribution in [0.3, 0.4) is 0 Å². The number of benzene rings is 1. The second kappa shape index (κ2) is 8.47. The van der Waals surface area contributed by atoms with Crippen molar-refractivity contribution in [3.8, 4) is 11.5 Å². The minimum atomic E-state index is 0.189. The van der Waals surface area contributed by atoms with Crippen LogP contribution in [0.2, 0.25) is 0 Å². The van der Waals surface area contributed by atoms with Crippen LogP contribution < -0.4 is 0 Å². The molecule has 0 aliphatic heterocycles. The number of hydrogen-bond acceptors (Lipinski definition) is 2. The molecule has 0 heterocycles. The molecule has 0 bridgehead atoms. The maximum absolute atomic E-state index is 10.3. The Morgan fingerprint density at radius 2 is 1.60 bits per heavy atom. The average Bonchev–Trinajstić information content (AvgIpc) is 3.22. The fraction of sp³-hybridized carbons (Fsp3) is 0.739. The van der Waals surface area contributed by atoms with Gasteiger partial charge in [0.1, 0.15) is 11.5 Å². The van der Waals surface area contributed by atoms with Crippen LogP contribution in [0, 0.1) is 10.8 Å². The van der Waals surface area contributed by atoms with Crippen molar-refractivity contribution in [2.45, 2.75) is 98.3 Å². The van der Waals surface area contributed by atoms with Crippen LogP contribution in [0.15, 0.2) is 12.1 Å². The quantitative estimate of drug-likeness (QED) is 0.459. The summed E-state index contributed by atoms with van der Waals surface area (Å²) in [4.78, 5) is 0. The van der Waals surface area contributed by atoms with Gasteiger partial charge in [0.05, 0.1) is 0 Å². The van der Waals surface area contributed by atoms with Crippen molar-refractivity contribution >= 4 is 0 Å². The van der Waals surface area contributed by atoms with Gasteiger partial charge in [0.25, 0.3) is 0 Å². The van der Waals surface area contributed by atoms with Crippen LogP contribution in [-0.4, -0.2) is 10.2 Å². The second-order valence-electron chi connectivity index (χ2n) is 9.74. The largest absolute Gasteiger partial charge is 0.508 e. The highest BCUT2D eigenvalue weighted by Gasteiger charge is 2.35. The fourth-order valence-corrected chi connectivity index (χ4v) is 3.68. The van der Waals surface area contributed by atoms with Crippen LogP contribution in [0.1, 0.15) is 96.6 Å². The third kappa shape index (κ3) is 7.30. The van der Waals surface area contributed by atoms with E-state index in [-0.39, 0.29) is 11.5 Å². The molecule has 0 spiro atoms. The van der Waals surface area contributed by atoms with Crippen molar-refractivity contribution in [3.05, 3.63) is 23.3 Å². The lowest BCUT2D eigenvalue weighted by Crippen LogP contribution is -2.04. The molecule has 1 fully saturated rings. The first kappa shape index (κ1) is 20.1. The van der Waals surface area contributed by atoms with Gasteiger partial charge in [0.2, 0.25) is 0 Å². The summed E-state index contributed by atoms with van der Waals surface area (Å²) in [6.07, 6.45) is 13.2. The highest BCUT2D eigenvalue weighted by atomic mass is 16.3. The number of aryl methyl sites for hydroxylation is 1. The Labute approximate surface area is 154 Å². The summed E-state index contributed by atoms with van der Waals surface area (Å²) in [6, 6.07) is 3.36. The van der Waals surface area contributed by atoms with Gasteiger partial charge in [-0.05, 0) is 79.4 Å². The molecule has 1 aliphatic rings. The van der Waals surface area contributed by atoms with Gasteiger partial charge in [-0.2, -0.15) is 0 Å². The van der Waals surface area contributed by atoms with E-state index in [2.05, 4.69) is 27.7 Å². The number of phenolic OH excluding ortho intramolecular Hbond substituents is 2. The first-order valence-electron chi connectivity index (χ1n) is 10.2. The van der Waals surface area contributed by atoms with E-state index in [9.17, 15) is 10.2 Å². The van der Waals surface area contributed by atoms with E-state index in [1.54, 1.807) is 0 Å². The number of rotatable bonds is 10. The Morgan fingerprint density at radius 3 is 2.24 bits per heavy atom. The Balaban J connectivity index is 1.82. The minimum Gasteiger partial charge on any atom is -0.508 e. The number of phenols is 2. The van der Waals surface area contributed by atoms with Crippen LogP contribution >= 0.6 is 0 Å². The average molecular weight is 347 g/mol. The van der Waals surface area contributed by atoms with E-state index in [0.717, 1.165) is 36.8 Å². The minimum absolute atomic E-state index is 0.189. The van der Waals surface area contributed by atoms with Gasteiger partial charge in [-0.15, -0.1) is 0 Å². The van der Waals surface area contributed by atoms with Crippen molar-refractivity contribution in [2.75, 3.05) is 0 Å². The van der Waals surface area contributed by atoms with E-state index >= 15 is 0 Å². The zero-order valence-corrected chi connectivity index (χ0v) is 16.8. The molecule has 0 amide bonds. The lowest BCUT2D eigenvalue weighted by Gasteiger charge is -2.18. The van der Waals surface area contributed by atoms with Gasteiger partial charge in [-0.1, -0.05) is 47.0 Å². The third-order valence-electron chi connectivity index (χ3n) is 5.74. The molecule has 2 heteroatoms. The lowest BCUT2D eigenvalue weighted by molar-refractivity contribution is 0.360. The molecule has 2 rings (SSSR count). The highest BCUT2D eigenvalue weighted by Crippen LogP contribution is 2.49. The molecule has 0 unspecified atom stereocenters. The molecular weight excluding hydrogens is 308 g/mol.